The Balaban J connectivity index is 2.86. The average molecular weight is 330 g/mol. The number of rotatable bonds is 7. The lowest BCUT2D eigenvalue weighted by Gasteiger charge is -2.13. The molecular formula is C14H20BrNO3. The third-order valence-electron chi connectivity index (χ3n) is 2.71. The van der Waals surface area contributed by atoms with Crippen molar-refractivity contribution in [3.8, 4) is 5.75 Å². The van der Waals surface area contributed by atoms with E-state index in [-0.39, 0.29) is 5.69 Å². The predicted octanol–water partition coefficient (Wildman–Crippen LogP) is 4.35. The number of nitro benzene ring substituents is 1. The van der Waals surface area contributed by atoms with Gasteiger partial charge in [-0.1, -0.05) is 35.8 Å². The molecule has 1 atom stereocenters. The molecule has 0 amide bonds. The maximum absolute atomic E-state index is 10.9. The van der Waals surface area contributed by atoms with Crippen molar-refractivity contribution in [2.75, 3.05) is 6.61 Å². The first-order valence-electron chi connectivity index (χ1n) is 6.48. The number of benzene rings is 1. The third-order valence-corrected chi connectivity index (χ3v) is 3.40. The van der Waals surface area contributed by atoms with Gasteiger partial charge in [0.2, 0.25) is 0 Å². The summed E-state index contributed by atoms with van der Waals surface area (Å²) in [6.07, 6.45) is 1.91. The molecule has 0 aliphatic heterocycles. The van der Waals surface area contributed by atoms with Gasteiger partial charge in [-0.05, 0) is 37.3 Å². The van der Waals surface area contributed by atoms with Gasteiger partial charge in [0.25, 0.3) is 0 Å². The first-order chi connectivity index (χ1) is 8.93. The Labute approximate surface area is 122 Å². The molecule has 0 aliphatic rings. The van der Waals surface area contributed by atoms with Crippen molar-refractivity contribution in [2.24, 2.45) is 5.92 Å². The Bertz CT molecular complexity index is 435. The van der Waals surface area contributed by atoms with Crippen LogP contribution >= 0.6 is 15.9 Å². The smallest absolute Gasteiger partial charge is 0.310 e. The second kappa shape index (κ2) is 7.48. The van der Waals surface area contributed by atoms with Crippen LogP contribution in [0.1, 0.15) is 32.8 Å². The van der Waals surface area contributed by atoms with Crippen LogP contribution in [0.2, 0.25) is 0 Å². The zero-order valence-corrected chi connectivity index (χ0v) is 13.1. The van der Waals surface area contributed by atoms with E-state index in [4.69, 9.17) is 4.74 Å². The van der Waals surface area contributed by atoms with Crippen LogP contribution in [0, 0.1) is 16.0 Å². The number of nitro groups is 1. The minimum atomic E-state index is -0.408. The monoisotopic (exact) mass is 329 g/mol. The van der Waals surface area contributed by atoms with Crippen molar-refractivity contribution >= 4 is 21.6 Å². The molecule has 5 heteroatoms. The zero-order valence-electron chi connectivity index (χ0n) is 11.6. The van der Waals surface area contributed by atoms with E-state index in [0.29, 0.717) is 23.1 Å². The summed E-state index contributed by atoms with van der Waals surface area (Å²) >= 11 is 3.65. The average Bonchev–Trinajstić information content (AvgIpc) is 2.27. The molecule has 0 bridgehead atoms. The molecule has 0 heterocycles. The molecule has 0 saturated heterocycles. The Hall–Kier alpha value is -1.10. The van der Waals surface area contributed by atoms with Crippen LogP contribution < -0.4 is 4.74 Å². The lowest BCUT2D eigenvalue weighted by Crippen LogP contribution is -2.07. The second-order valence-corrected chi connectivity index (χ2v) is 6.22. The van der Waals surface area contributed by atoms with Crippen molar-refractivity contribution in [3.05, 3.63) is 33.9 Å². The van der Waals surface area contributed by atoms with Gasteiger partial charge in [0.1, 0.15) is 0 Å². The van der Waals surface area contributed by atoms with Crippen LogP contribution in [-0.4, -0.2) is 16.4 Å². The molecular weight excluding hydrogens is 310 g/mol. The standard InChI is InChI=1S/C14H20BrNO3/c1-4-19-14-9-11(5-6-13(14)16(17)18)8-12(15)7-10(2)3/h5-6,9-10,12H,4,7-8H2,1-3H3. The third kappa shape index (κ3) is 5.19. The summed E-state index contributed by atoms with van der Waals surface area (Å²) in [6.45, 7) is 6.60. The van der Waals surface area contributed by atoms with Crippen LogP contribution in [0.5, 0.6) is 5.75 Å². The fourth-order valence-corrected chi connectivity index (χ4v) is 3.08. The van der Waals surface area contributed by atoms with Crippen LogP contribution in [-0.2, 0) is 6.42 Å². The summed E-state index contributed by atoms with van der Waals surface area (Å²) in [7, 11) is 0. The van der Waals surface area contributed by atoms with Gasteiger partial charge < -0.3 is 4.74 Å². The fraction of sp³-hybridized carbons (Fsp3) is 0.571. The highest BCUT2D eigenvalue weighted by Gasteiger charge is 2.16. The molecule has 0 spiro atoms. The molecule has 0 saturated carbocycles. The van der Waals surface area contributed by atoms with E-state index in [1.165, 1.54) is 6.07 Å². The van der Waals surface area contributed by atoms with Crippen LogP contribution in [0.4, 0.5) is 5.69 Å². The summed E-state index contributed by atoms with van der Waals surface area (Å²) in [5.74, 6) is 0.975. The second-order valence-electron chi connectivity index (χ2n) is 4.92. The maximum Gasteiger partial charge on any atom is 0.310 e. The Morgan fingerprint density at radius 2 is 2.11 bits per heavy atom. The summed E-state index contributed by atoms with van der Waals surface area (Å²) < 4.78 is 5.34. The van der Waals surface area contributed by atoms with Crippen molar-refractivity contribution in [2.45, 2.75) is 38.4 Å². The van der Waals surface area contributed by atoms with Gasteiger partial charge in [0.05, 0.1) is 11.5 Å². The molecule has 0 aromatic heterocycles. The number of halogens is 1. The van der Waals surface area contributed by atoms with Crippen molar-refractivity contribution in [1.29, 1.82) is 0 Å². The normalized spacial score (nSPS) is 12.5. The van der Waals surface area contributed by atoms with Gasteiger partial charge in [-0.3, -0.25) is 10.1 Å². The number of ether oxygens (including phenoxy) is 1. The lowest BCUT2D eigenvalue weighted by atomic mass is 10.0. The summed E-state index contributed by atoms with van der Waals surface area (Å²) in [6, 6.07) is 5.10. The largest absolute Gasteiger partial charge is 0.487 e. The van der Waals surface area contributed by atoms with Crippen molar-refractivity contribution in [1.82, 2.24) is 0 Å². The van der Waals surface area contributed by atoms with Gasteiger partial charge in [0, 0.05) is 10.9 Å². The van der Waals surface area contributed by atoms with E-state index >= 15 is 0 Å². The highest BCUT2D eigenvalue weighted by atomic mass is 79.9. The van der Waals surface area contributed by atoms with Gasteiger partial charge in [-0.25, -0.2) is 0 Å². The summed E-state index contributed by atoms with van der Waals surface area (Å²) in [5.41, 5.74) is 1.08. The summed E-state index contributed by atoms with van der Waals surface area (Å²) in [5, 5.41) is 10.9. The minimum absolute atomic E-state index is 0.0283. The maximum atomic E-state index is 10.9. The van der Waals surface area contributed by atoms with E-state index < -0.39 is 4.92 Å². The summed E-state index contributed by atoms with van der Waals surface area (Å²) in [4.78, 5) is 10.9. The number of hydrogen-bond donors (Lipinski definition) is 0. The molecule has 1 unspecified atom stereocenters. The van der Waals surface area contributed by atoms with Crippen molar-refractivity contribution < 1.29 is 9.66 Å². The van der Waals surface area contributed by atoms with Gasteiger partial charge >= 0.3 is 5.69 Å². The molecule has 1 aromatic carbocycles. The van der Waals surface area contributed by atoms with E-state index in [9.17, 15) is 10.1 Å². The first-order valence-corrected chi connectivity index (χ1v) is 7.39. The van der Waals surface area contributed by atoms with Crippen LogP contribution in [0.15, 0.2) is 18.2 Å². The number of nitrogens with zero attached hydrogens (tertiary/aromatic N) is 1. The molecule has 4 nitrogen and oxygen atoms in total. The van der Waals surface area contributed by atoms with Crippen LogP contribution in [0.25, 0.3) is 0 Å². The SMILES string of the molecule is CCOc1cc(CC(Br)CC(C)C)ccc1[N+](=O)[O-]. The minimum Gasteiger partial charge on any atom is -0.487 e. The fourth-order valence-electron chi connectivity index (χ4n) is 1.96. The highest BCUT2D eigenvalue weighted by Crippen LogP contribution is 2.29. The topological polar surface area (TPSA) is 52.4 Å². The first kappa shape index (κ1) is 16.0. The molecule has 0 N–H and O–H groups in total. The molecule has 1 rings (SSSR count). The molecule has 1 aromatic rings. The van der Waals surface area contributed by atoms with Gasteiger partial charge in [-0.15, -0.1) is 0 Å². The van der Waals surface area contributed by atoms with E-state index in [1.807, 2.05) is 6.92 Å². The molecule has 0 radical (unpaired) electrons. The lowest BCUT2D eigenvalue weighted by molar-refractivity contribution is -0.385. The number of hydrogen-bond acceptors (Lipinski definition) is 3. The van der Waals surface area contributed by atoms with E-state index in [2.05, 4.69) is 29.8 Å². The van der Waals surface area contributed by atoms with Crippen molar-refractivity contribution in [3.63, 3.8) is 0 Å². The molecule has 0 aliphatic carbocycles. The quantitative estimate of drug-likeness (QED) is 0.424. The highest BCUT2D eigenvalue weighted by molar-refractivity contribution is 9.09. The predicted molar refractivity (Wildman–Crippen MR) is 80.1 cm³/mol. The number of alkyl halides is 1. The van der Waals surface area contributed by atoms with Gasteiger partial charge in [0.15, 0.2) is 5.75 Å². The Kier molecular flexibility index (Phi) is 6.28. The Morgan fingerprint density at radius 1 is 1.42 bits per heavy atom. The molecule has 106 valence electrons. The molecule has 0 fully saturated rings. The van der Waals surface area contributed by atoms with Gasteiger partial charge in [-0.2, -0.15) is 0 Å². The van der Waals surface area contributed by atoms with E-state index in [1.54, 1.807) is 12.1 Å². The Morgan fingerprint density at radius 3 is 2.63 bits per heavy atom. The van der Waals surface area contributed by atoms with Crippen LogP contribution in [0.3, 0.4) is 0 Å². The molecule has 19 heavy (non-hydrogen) atoms. The zero-order chi connectivity index (χ0) is 14.4. The van der Waals surface area contributed by atoms with E-state index in [0.717, 1.165) is 18.4 Å².